The van der Waals surface area contributed by atoms with Crippen LogP contribution in [0.5, 0.6) is 5.75 Å². The molecule has 2 aromatic heterocycles. The number of carbonyl (C=O) groups is 1. The van der Waals surface area contributed by atoms with Crippen LogP contribution in [-0.2, 0) is 15.4 Å². The molecule has 1 unspecified atom stereocenters. The number of amides is 1. The molecule has 39 heavy (non-hydrogen) atoms. The molecule has 0 spiro atoms. The van der Waals surface area contributed by atoms with Gasteiger partial charge in [0.25, 0.3) is 0 Å². The van der Waals surface area contributed by atoms with E-state index in [0.29, 0.717) is 65.0 Å². The Morgan fingerprint density at radius 2 is 1.97 bits per heavy atom. The molecule has 1 fully saturated rings. The highest BCUT2D eigenvalue weighted by atomic mass is 32.2. The average Bonchev–Trinajstić information content (AvgIpc) is 3.62. The predicted molar refractivity (Wildman–Crippen MR) is 150 cm³/mol. The zero-order valence-electron chi connectivity index (χ0n) is 22.9. The van der Waals surface area contributed by atoms with Gasteiger partial charge in [0.2, 0.25) is 16.0 Å². The first-order valence-electron chi connectivity index (χ1n) is 12.7. The van der Waals surface area contributed by atoms with Crippen molar-refractivity contribution in [2.24, 2.45) is 0 Å². The Bertz CT molecular complexity index is 1480. The monoisotopic (exact) mass is 557 g/mol. The molecule has 1 saturated carbocycles. The summed E-state index contributed by atoms with van der Waals surface area (Å²) in [6, 6.07) is 4.98. The molecule has 2 heterocycles. The van der Waals surface area contributed by atoms with E-state index in [1.807, 2.05) is 33.8 Å². The Hall–Kier alpha value is -3.87. The Morgan fingerprint density at radius 1 is 1.26 bits per heavy atom. The summed E-state index contributed by atoms with van der Waals surface area (Å²) in [6.07, 6.45) is 1.80. The van der Waals surface area contributed by atoms with E-state index < -0.39 is 16.1 Å². The number of aromatic amines is 1. The summed E-state index contributed by atoms with van der Waals surface area (Å²) in [4.78, 5) is 28.1. The number of methoxy groups -OCH3 is 1. The molecule has 5 N–H and O–H groups in total. The lowest BCUT2D eigenvalue weighted by molar-refractivity contribution is 0.191. The van der Waals surface area contributed by atoms with Crippen LogP contribution in [0.25, 0.3) is 22.6 Å². The highest BCUT2D eigenvalue weighted by Gasteiger charge is 2.36. The van der Waals surface area contributed by atoms with Gasteiger partial charge in [-0.05, 0) is 44.9 Å². The van der Waals surface area contributed by atoms with E-state index in [9.17, 15) is 13.2 Å². The zero-order valence-corrected chi connectivity index (χ0v) is 23.7. The first-order valence-corrected chi connectivity index (χ1v) is 14.2. The number of hydrogen-bond acceptors (Lipinski definition) is 8. The Labute approximate surface area is 228 Å². The van der Waals surface area contributed by atoms with E-state index in [1.165, 1.54) is 0 Å². The molecule has 3 aromatic rings. The van der Waals surface area contributed by atoms with Crippen molar-refractivity contribution in [2.75, 3.05) is 23.7 Å². The lowest BCUT2D eigenvalue weighted by Crippen LogP contribution is -2.36. The van der Waals surface area contributed by atoms with Crippen LogP contribution in [0.4, 0.5) is 16.4 Å². The molecule has 0 radical (unpaired) electrons. The van der Waals surface area contributed by atoms with Crippen molar-refractivity contribution < 1.29 is 23.1 Å². The molecule has 1 aliphatic rings. The van der Waals surface area contributed by atoms with Crippen LogP contribution in [-0.4, -0.2) is 64.5 Å². The van der Waals surface area contributed by atoms with Crippen LogP contribution < -0.4 is 20.1 Å². The number of carboxylic acid groups (broad SMARTS) is 1. The van der Waals surface area contributed by atoms with Gasteiger partial charge in [-0.25, -0.2) is 28.2 Å². The van der Waals surface area contributed by atoms with Crippen molar-refractivity contribution in [2.45, 2.75) is 64.2 Å². The number of sulfonamides is 1. The molecule has 0 aliphatic heterocycles. The van der Waals surface area contributed by atoms with E-state index in [1.54, 1.807) is 32.4 Å². The van der Waals surface area contributed by atoms with E-state index in [0.717, 1.165) is 5.82 Å². The van der Waals surface area contributed by atoms with Gasteiger partial charge in [0.15, 0.2) is 0 Å². The topological polar surface area (TPSA) is 171 Å². The number of nitrogens with zero attached hydrogens (tertiary/aromatic N) is 3. The van der Waals surface area contributed by atoms with E-state index in [4.69, 9.17) is 14.8 Å². The van der Waals surface area contributed by atoms with Gasteiger partial charge in [-0.1, -0.05) is 20.8 Å². The second kappa shape index (κ2) is 10.7. The first kappa shape index (κ1) is 28.1. The second-order valence-electron chi connectivity index (χ2n) is 10.8. The van der Waals surface area contributed by atoms with Gasteiger partial charge in [-0.3, -0.25) is 4.72 Å². The number of hydrogen-bond donors (Lipinski definition) is 5. The number of ether oxygens (including phenoxy) is 1. The summed E-state index contributed by atoms with van der Waals surface area (Å²) in [6.45, 7) is 9.93. The van der Waals surface area contributed by atoms with Gasteiger partial charge >= 0.3 is 6.09 Å². The fraction of sp³-hybridized carbons (Fsp3) is 0.462. The van der Waals surface area contributed by atoms with Gasteiger partial charge in [-0.15, -0.1) is 0 Å². The maximum absolute atomic E-state index is 12.8. The predicted octanol–water partition coefficient (Wildman–Crippen LogP) is 4.12. The van der Waals surface area contributed by atoms with Gasteiger partial charge in [-0.2, -0.15) is 0 Å². The van der Waals surface area contributed by atoms with Crippen molar-refractivity contribution in [1.82, 2.24) is 25.3 Å². The fourth-order valence-corrected chi connectivity index (χ4v) is 5.41. The van der Waals surface area contributed by atoms with E-state index in [2.05, 4.69) is 30.3 Å². The Balaban J connectivity index is 1.77. The number of anilines is 2. The van der Waals surface area contributed by atoms with Gasteiger partial charge < -0.3 is 25.5 Å². The summed E-state index contributed by atoms with van der Waals surface area (Å²) in [5, 5.41) is 14.0. The number of benzene rings is 1. The molecule has 1 aromatic carbocycles. The normalized spacial score (nSPS) is 14.5. The van der Waals surface area contributed by atoms with E-state index in [-0.39, 0.29) is 16.7 Å². The Kier molecular flexibility index (Phi) is 7.73. The third kappa shape index (κ3) is 6.59. The maximum Gasteiger partial charge on any atom is 0.404 e. The van der Waals surface area contributed by atoms with Gasteiger partial charge in [0.1, 0.15) is 11.6 Å². The van der Waals surface area contributed by atoms with Crippen LogP contribution in [0.2, 0.25) is 0 Å². The van der Waals surface area contributed by atoms with E-state index >= 15 is 0 Å². The largest absolute Gasteiger partial charge is 0.496 e. The van der Waals surface area contributed by atoms with Crippen molar-refractivity contribution in [3.8, 4) is 28.4 Å². The molecular formula is C26H35N7O5S. The maximum atomic E-state index is 12.8. The number of imidazole rings is 1. The fourth-order valence-electron chi connectivity index (χ4n) is 3.97. The molecule has 4 rings (SSSR count). The minimum Gasteiger partial charge on any atom is -0.496 e. The Morgan fingerprint density at radius 3 is 2.59 bits per heavy atom. The standard InChI is InChI=1S/C26H35N7O5S/c1-14(29-25(34)35)13-28-24-27-10-9-18(30-24)22-21(31-23(32-22)26(3,4)5)16-11-19(15(2)20(12-16)38-6)33-39(36,37)17-7-8-17/h9-12,14,17,29,33H,7-8,13H2,1-6H3,(H,31,32)(H,34,35)(H,27,28,30). The second-order valence-corrected chi connectivity index (χ2v) is 12.7. The summed E-state index contributed by atoms with van der Waals surface area (Å²) >= 11 is 0. The van der Waals surface area contributed by atoms with Crippen molar-refractivity contribution >= 4 is 27.8 Å². The molecule has 1 amide bonds. The van der Waals surface area contributed by atoms with Crippen molar-refractivity contribution in [3.63, 3.8) is 0 Å². The first-order chi connectivity index (χ1) is 18.3. The summed E-state index contributed by atoms with van der Waals surface area (Å²) in [5.74, 6) is 1.57. The molecule has 13 heteroatoms. The molecule has 0 bridgehead atoms. The lowest BCUT2D eigenvalue weighted by atomic mass is 9.96. The average molecular weight is 558 g/mol. The van der Waals surface area contributed by atoms with Crippen LogP contribution >= 0.6 is 0 Å². The third-order valence-electron chi connectivity index (χ3n) is 6.33. The summed E-state index contributed by atoms with van der Waals surface area (Å²) < 4.78 is 33.9. The van der Waals surface area contributed by atoms with Crippen molar-refractivity contribution in [3.05, 3.63) is 35.8 Å². The minimum absolute atomic E-state index is 0.290. The molecule has 12 nitrogen and oxygen atoms in total. The highest BCUT2D eigenvalue weighted by molar-refractivity contribution is 7.93. The highest BCUT2D eigenvalue weighted by Crippen LogP contribution is 2.39. The summed E-state index contributed by atoms with van der Waals surface area (Å²) in [7, 11) is -1.96. The molecule has 210 valence electrons. The quantitative estimate of drug-likeness (QED) is 0.246. The zero-order chi connectivity index (χ0) is 28.5. The van der Waals surface area contributed by atoms with Crippen LogP contribution in [0, 0.1) is 6.92 Å². The van der Waals surface area contributed by atoms with Gasteiger partial charge in [0, 0.05) is 35.3 Å². The smallest absolute Gasteiger partial charge is 0.404 e. The van der Waals surface area contributed by atoms with Gasteiger partial charge in [0.05, 0.1) is 35.1 Å². The lowest BCUT2D eigenvalue weighted by Gasteiger charge is -2.16. The molecular weight excluding hydrogens is 522 g/mol. The van der Waals surface area contributed by atoms with Crippen LogP contribution in [0.15, 0.2) is 24.4 Å². The molecule has 0 saturated heterocycles. The number of rotatable bonds is 10. The minimum atomic E-state index is -3.50. The van der Waals surface area contributed by atoms with Crippen molar-refractivity contribution in [1.29, 1.82) is 0 Å². The summed E-state index contributed by atoms with van der Waals surface area (Å²) in [5.41, 5.74) is 3.22. The SMILES string of the molecule is COc1cc(-c2nc(C(C)(C)C)[nH]c2-c2ccnc(NCC(C)NC(=O)O)n2)cc(NS(=O)(=O)C2CC2)c1C. The number of aromatic nitrogens is 4. The molecule has 1 aliphatic carbocycles. The van der Waals surface area contributed by atoms with Crippen LogP contribution in [0.1, 0.15) is 51.9 Å². The number of nitrogens with one attached hydrogen (secondary N) is 4. The molecule has 1 atom stereocenters. The number of H-pyrrole nitrogens is 1. The third-order valence-corrected chi connectivity index (χ3v) is 8.18. The van der Waals surface area contributed by atoms with Crippen LogP contribution in [0.3, 0.4) is 0 Å².